The Hall–Kier alpha value is -2.21. The molecular weight excluding hydrogens is 420 g/mol. The number of carbonyl (C=O) groups is 1. The Balaban J connectivity index is 1.55. The maximum atomic E-state index is 12.2. The zero-order valence-electron chi connectivity index (χ0n) is 18.0. The van der Waals surface area contributed by atoms with Gasteiger partial charge >= 0.3 is 0 Å². The zero-order valence-corrected chi connectivity index (χ0v) is 18.8. The number of rotatable bonds is 11. The third-order valence-electron chi connectivity index (χ3n) is 5.20. The highest BCUT2D eigenvalue weighted by atomic mass is 35.5. The van der Waals surface area contributed by atoms with E-state index in [1.54, 1.807) is 0 Å². The second-order valence-corrected chi connectivity index (χ2v) is 7.99. The van der Waals surface area contributed by atoms with Gasteiger partial charge in [0.15, 0.2) is 28.4 Å². The van der Waals surface area contributed by atoms with E-state index in [-0.39, 0.29) is 28.4 Å². The van der Waals surface area contributed by atoms with Crippen LogP contribution in [0.2, 0.25) is 5.15 Å². The number of guanidine groups is 1. The van der Waals surface area contributed by atoms with Crippen LogP contribution in [0.5, 0.6) is 0 Å². The van der Waals surface area contributed by atoms with Crippen molar-refractivity contribution in [3.05, 3.63) is 10.8 Å². The highest BCUT2D eigenvalue weighted by Gasteiger charge is 2.17. The summed E-state index contributed by atoms with van der Waals surface area (Å²) in [5, 5.41) is 13.0. The van der Waals surface area contributed by atoms with Crippen LogP contribution in [0.3, 0.4) is 0 Å². The number of carbonyl (C=O) groups excluding carboxylic acids is 1. The fraction of sp³-hybridized carbons (Fsp3) is 0.684. The van der Waals surface area contributed by atoms with Crippen LogP contribution in [-0.4, -0.2) is 84.0 Å². The van der Waals surface area contributed by atoms with Gasteiger partial charge in [0, 0.05) is 32.7 Å². The summed E-state index contributed by atoms with van der Waals surface area (Å²) in [6.45, 7) is 8.03. The molecule has 0 bridgehead atoms. The molecule has 1 saturated heterocycles. The fourth-order valence-corrected chi connectivity index (χ4v) is 3.52. The molecule has 0 atom stereocenters. The van der Waals surface area contributed by atoms with Crippen molar-refractivity contribution in [2.45, 2.75) is 32.1 Å². The van der Waals surface area contributed by atoms with Crippen LogP contribution >= 0.6 is 11.6 Å². The summed E-state index contributed by atoms with van der Waals surface area (Å²) in [6, 6.07) is 0. The molecule has 0 aliphatic carbocycles. The van der Waals surface area contributed by atoms with Gasteiger partial charge in [0.25, 0.3) is 5.91 Å². The molecule has 0 aromatic carbocycles. The molecule has 31 heavy (non-hydrogen) atoms. The van der Waals surface area contributed by atoms with Crippen LogP contribution in [0, 0.1) is 5.41 Å². The van der Waals surface area contributed by atoms with Crippen LogP contribution in [-0.2, 0) is 0 Å². The van der Waals surface area contributed by atoms with Crippen LogP contribution in [0.1, 0.15) is 42.6 Å². The Morgan fingerprint density at radius 1 is 0.968 bits per heavy atom. The van der Waals surface area contributed by atoms with E-state index in [1.807, 2.05) is 0 Å². The van der Waals surface area contributed by atoms with Gasteiger partial charge in [0.1, 0.15) is 0 Å². The Labute approximate surface area is 188 Å². The minimum absolute atomic E-state index is 0.0483. The lowest BCUT2D eigenvalue weighted by molar-refractivity contribution is 0.0971. The van der Waals surface area contributed by atoms with E-state index in [2.05, 4.69) is 30.4 Å². The number of amides is 1. The molecule has 1 fully saturated rings. The smallest absolute Gasteiger partial charge is 0.280 e. The Morgan fingerprint density at radius 3 is 2.19 bits per heavy atom. The molecule has 12 heteroatoms. The third-order valence-corrected chi connectivity index (χ3v) is 5.48. The highest BCUT2D eigenvalue weighted by Crippen LogP contribution is 2.17. The molecule has 1 aromatic rings. The van der Waals surface area contributed by atoms with Gasteiger partial charge in [-0.1, -0.05) is 18.0 Å². The first-order chi connectivity index (χ1) is 14.9. The summed E-state index contributed by atoms with van der Waals surface area (Å²) in [5.74, 6) is -0.969. The van der Waals surface area contributed by atoms with Crippen molar-refractivity contribution in [3.63, 3.8) is 0 Å². The fourth-order valence-electron chi connectivity index (χ4n) is 3.39. The Morgan fingerprint density at radius 2 is 1.58 bits per heavy atom. The maximum Gasteiger partial charge on any atom is 0.280 e. The lowest BCUT2D eigenvalue weighted by Gasteiger charge is -2.34. The van der Waals surface area contributed by atoms with Crippen molar-refractivity contribution >= 4 is 35.1 Å². The van der Waals surface area contributed by atoms with Gasteiger partial charge in [-0.2, -0.15) is 0 Å². The first kappa shape index (κ1) is 25.1. The van der Waals surface area contributed by atoms with Crippen molar-refractivity contribution in [2.24, 2.45) is 5.73 Å². The van der Waals surface area contributed by atoms with E-state index >= 15 is 0 Å². The maximum absolute atomic E-state index is 12.2. The van der Waals surface area contributed by atoms with E-state index < -0.39 is 5.91 Å². The van der Waals surface area contributed by atoms with Crippen molar-refractivity contribution in [2.75, 3.05) is 63.8 Å². The number of nitrogen functional groups attached to an aromatic ring is 2. The summed E-state index contributed by atoms with van der Waals surface area (Å²) in [4.78, 5) is 24.8. The molecule has 2 rings (SSSR count). The summed E-state index contributed by atoms with van der Waals surface area (Å²) in [6.07, 6.45) is 5.49. The van der Waals surface area contributed by atoms with Gasteiger partial charge in [-0.3, -0.25) is 15.5 Å². The van der Waals surface area contributed by atoms with Crippen LogP contribution in [0.4, 0.5) is 11.6 Å². The van der Waals surface area contributed by atoms with E-state index in [0.717, 1.165) is 58.5 Å². The van der Waals surface area contributed by atoms with Crippen LogP contribution < -0.4 is 27.8 Å². The number of nitrogens with zero attached hydrogens (tertiary/aromatic N) is 4. The summed E-state index contributed by atoms with van der Waals surface area (Å²) < 4.78 is 0. The number of nitrogens with two attached hydrogens (primary N) is 3. The molecule has 2 heterocycles. The summed E-state index contributed by atoms with van der Waals surface area (Å²) >= 11 is 5.78. The molecule has 9 N–H and O–H groups in total. The lowest BCUT2D eigenvalue weighted by atomic mass is 10.2. The van der Waals surface area contributed by atoms with Crippen LogP contribution in [0.15, 0.2) is 0 Å². The molecular formula is C19H35ClN10O. The van der Waals surface area contributed by atoms with Crippen molar-refractivity contribution in [1.29, 1.82) is 5.41 Å². The van der Waals surface area contributed by atoms with E-state index in [0.29, 0.717) is 6.54 Å². The summed E-state index contributed by atoms with van der Waals surface area (Å²) in [5.41, 5.74) is 16.5. The molecule has 1 aliphatic rings. The van der Waals surface area contributed by atoms with Crippen molar-refractivity contribution in [1.82, 2.24) is 30.4 Å². The number of piperazine rings is 1. The second kappa shape index (κ2) is 13.3. The lowest BCUT2D eigenvalue weighted by Crippen LogP contribution is -2.46. The first-order valence-corrected chi connectivity index (χ1v) is 11.2. The molecule has 1 aliphatic heterocycles. The number of unbranched alkanes of at least 4 members (excludes halogenated alkanes) is 3. The van der Waals surface area contributed by atoms with Gasteiger partial charge in [0.2, 0.25) is 0 Å². The van der Waals surface area contributed by atoms with Gasteiger partial charge in [-0.15, -0.1) is 0 Å². The van der Waals surface area contributed by atoms with E-state index in [1.165, 1.54) is 19.4 Å². The van der Waals surface area contributed by atoms with Gasteiger partial charge in [0.05, 0.1) is 0 Å². The molecule has 0 spiro atoms. The average molecular weight is 455 g/mol. The minimum atomic E-state index is -0.662. The SMILES string of the molecule is N=C(NCCCCN1CCN(CCCCCN)CC1)NC(=O)c1nc(Cl)c(N)nc1N. The standard InChI is InChI=1S/C19H35ClN10O/c20-15-17(23)27-16(22)14(26-15)18(31)28-19(24)25-7-3-5-9-30-12-10-29(11-13-30)8-4-1-2-6-21/h1-13,21H2,(H4,22,23,27)(H3,24,25,28,31). The Bertz CT molecular complexity index is 724. The molecule has 1 amide bonds. The van der Waals surface area contributed by atoms with E-state index in [4.69, 9.17) is 34.2 Å². The number of hydrogen-bond acceptors (Lipinski definition) is 9. The van der Waals surface area contributed by atoms with Gasteiger partial charge in [-0.25, -0.2) is 9.97 Å². The molecule has 0 saturated carbocycles. The van der Waals surface area contributed by atoms with Crippen LogP contribution in [0.25, 0.3) is 0 Å². The van der Waals surface area contributed by atoms with Gasteiger partial charge < -0.3 is 32.3 Å². The third kappa shape index (κ3) is 8.82. The van der Waals surface area contributed by atoms with Crippen molar-refractivity contribution < 1.29 is 4.79 Å². The second-order valence-electron chi connectivity index (χ2n) is 7.63. The topological polar surface area (TPSA) is 175 Å². The minimum Gasteiger partial charge on any atom is -0.382 e. The zero-order chi connectivity index (χ0) is 22.6. The highest BCUT2D eigenvalue weighted by molar-refractivity contribution is 6.31. The predicted molar refractivity (Wildman–Crippen MR) is 124 cm³/mol. The normalized spacial score (nSPS) is 15.0. The average Bonchev–Trinajstić information content (AvgIpc) is 2.74. The number of halogens is 1. The van der Waals surface area contributed by atoms with Crippen molar-refractivity contribution in [3.8, 4) is 0 Å². The number of hydrogen-bond donors (Lipinski definition) is 6. The molecule has 11 nitrogen and oxygen atoms in total. The predicted octanol–water partition coefficient (Wildman–Crippen LogP) is 0.0754. The molecule has 0 unspecified atom stereocenters. The molecule has 0 radical (unpaired) electrons. The summed E-state index contributed by atoms with van der Waals surface area (Å²) in [7, 11) is 0. The number of anilines is 2. The number of aromatic nitrogens is 2. The largest absolute Gasteiger partial charge is 0.382 e. The molecule has 174 valence electrons. The number of nitrogens with one attached hydrogen (secondary N) is 3. The van der Waals surface area contributed by atoms with E-state index in [9.17, 15) is 4.79 Å². The quantitative estimate of drug-likeness (QED) is 0.153. The monoisotopic (exact) mass is 454 g/mol. The molecule has 1 aromatic heterocycles. The van der Waals surface area contributed by atoms with Gasteiger partial charge in [-0.05, 0) is 45.3 Å². The Kier molecular flexibility index (Phi) is 10.7. The first-order valence-electron chi connectivity index (χ1n) is 10.8.